The fraction of sp³-hybridized carbons (Fsp3) is 0.412. The average molecular weight is 307 g/mol. The molecular formula is C17H22FNOS. The van der Waals surface area contributed by atoms with Gasteiger partial charge in [-0.05, 0) is 44.5 Å². The fourth-order valence-electron chi connectivity index (χ4n) is 2.30. The van der Waals surface area contributed by atoms with Crippen molar-refractivity contribution in [3.63, 3.8) is 0 Å². The molecule has 2 aromatic rings. The molecule has 21 heavy (non-hydrogen) atoms. The summed E-state index contributed by atoms with van der Waals surface area (Å²) in [6.07, 6.45) is 1.01. The highest BCUT2D eigenvalue weighted by Gasteiger charge is 2.21. The number of rotatable bonds is 6. The van der Waals surface area contributed by atoms with E-state index < -0.39 is 0 Å². The molecular weight excluding hydrogens is 285 g/mol. The molecule has 0 bridgehead atoms. The van der Waals surface area contributed by atoms with E-state index in [-0.39, 0.29) is 11.9 Å². The summed E-state index contributed by atoms with van der Waals surface area (Å²) in [6.45, 7) is 7.14. The van der Waals surface area contributed by atoms with Crippen molar-refractivity contribution in [2.24, 2.45) is 0 Å². The first-order valence-corrected chi connectivity index (χ1v) is 8.02. The van der Waals surface area contributed by atoms with Gasteiger partial charge in [-0.3, -0.25) is 0 Å². The number of nitrogens with one attached hydrogen (secondary N) is 1. The van der Waals surface area contributed by atoms with Crippen LogP contribution in [0.25, 0.3) is 0 Å². The van der Waals surface area contributed by atoms with Gasteiger partial charge in [-0.25, -0.2) is 4.39 Å². The van der Waals surface area contributed by atoms with Crippen molar-refractivity contribution in [3.8, 4) is 5.75 Å². The zero-order valence-corrected chi connectivity index (χ0v) is 13.8. The molecule has 0 amide bonds. The van der Waals surface area contributed by atoms with Crippen LogP contribution in [0.5, 0.6) is 5.75 Å². The minimum absolute atomic E-state index is 0.127. The van der Waals surface area contributed by atoms with Crippen molar-refractivity contribution in [2.75, 3.05) is 13.7 Å². The molecule has 0 aliphatic carbocycles. The van der Waals surface area contributed by atoms with Crippen LogP contribution < -0.4 is 10.1 Å². The lowest BCUT2D eigenvalue weighted by molar-refractivity contribution is 0.381. The Morgan fingerprint density at radius 1 is 1.33 bits per heavy atom. The van der Waals surface area contributed by atoms with E-state index >= 15 is 0 Å². The second kappa shape index (κ2) is 7.05. The monoisotopic (exact) mass is 307 g/mol. The molecule has 0 saturated carbocycles. The summed E-state index contributed by atoms with van der Waals surface area (Å²) in [7, 11) is 1.50. The molecule has 1 N–H and O–H groups in total. The Morgan fingerprint density at radius 2 is 2.10 bits per heavy atom. The predicted molar refractivity (Wildman–Crippen MR) is 86.9 cm³/mol. The molecule has 2 rings (SSSR count). The van der Waals surface area contributed by atoms with Gasteiger partial charge in [-0.15, -0.1) is 11.3 Å². The summed E-state index contributed by atoms with van der Waals surface area (Å²) in [4.78, 5) is 2.42. The zero-order valence-electron chi connectivity index (χ0n) is 13.0. The van der Waals surface area contributed by atoms with Crippen LogP contribution in [-0.2, 0) is 0 Å². The van der Waals surface area contributed by atoms with Gasteiger partial charge >= 0.3 is 0 Å². The first-order valence-electron chi connectivity index (χ1n) is 7.21. The number of methoxy groups -OCH3 is 1. The maximum Gasteiger partial charge on any atom is 0.170 e. The Hall–Kier alpha value is -1.39. The molecule has 4 heteroatoms. The predicted octanol–water partition coefficient (Wildman–Crippen LogP) is 4.60. The molecule has 1 unspecified atom stereocenters. The second-order valence-corrected chi connectivity index (χ2v) is 6.43. The molecule has 1 heterocycles. The van der Waals surface area contributed by atoms with Gasteiger partial charge in [0.15, 0.2) is 11.6 Å². The van der Waals surface area contributed by atoms with Gasteiger partial charge < -0.3 is 10.1 Å². The Morgan fingerprint density at radius 3 is 2.67 bits per heavy atom. The Balaban J connectivity index is 2.45. The van der Waals surface area contributed by atoms with Crippen LogP contribution in [0.1, 0.15) is 40.3 Å². The lowest BCUT2D eigenvalue weighted by Crippen LogP contribution is -2.23. The van der Waals surface area contributed by atoms with Crippen molar-refractivity contribution in [1.82, 2.24) is 5.32 Å². The molecule has 0 saturated heterocycles. The van der Waals surface area contributed by atoms with E-state index in [0.29, 0.717) is 11.3 Å². The number of thiophene rings is 1. The molecule has 1 aromatic carbocycles. The zero-order chi connectivity index (χ0) is 15.4. The van der Waals surface area contributed by atoms with Crippen molar-refractivity contribution < 1.29 is 9.13 Å². The SMILES string of the molecule is CCCNC(c1cc(C)c(C)s1)c1cccc(OC)c1F. The first-order chi connectivity index (χ1) is 10.1. The maximum absolute atomic E-state index is 14.6. The third kappa shape index (κ3) is 3.44. The maximum atomic E-state index is 14.6. The van der Waals surface area contributed by atoms with E-state index in [0.717, 1.165) is 17.8 Å². The van der Waals surface area contributed by atoms with E-state index in [2.05, 4.69) is 32.2 Å². The minimum atomic E-state index is -0.280. The van der Waals surface area contributed by atoms with Crippen LogP contribution in [0, 0.1) is 19.7 Å². The van der Waals surface area contributed by atoms with Gasteiger partial charge in [0.25, 0.3) is 0 Å². The highest BCUT2D eigenvalue weighted by molar-refractivity contribution is 7.12. The van der Waals surface area contributed by atoms with Crippen LogP contribution in [0.4, 0.5) is 4.39 Å². The summed E-state index contributed by atoms with van der Waals surface area (Å²) in [5, 5.41) is 3.45. The molecule has 0 spiro atoms. The van der Waals surface area contributed by atoms with Gasteiger partial charge in [0, 0.05) is 15.3 Å². The van der Waals surface area contributed by atoms with Crippen LogP contribution in [0.2, 0.25) is 0 Å². The van der Waals surface area contributed by atoms with Crippen molar-refractivity contribution >= 4 is 11.3 Å². The topological polar surface area (TPSA) is 21.3 Å². The van der Waals surface area contributed by atoms with E-state index in [4.69, 9.17) is 4.74 Å². The highest BCUT2D eigenvalue weighted by atomic mass is 32.1. The third-order valence-electron chi connectivity index (χ3n) is 3.59. The largest absolute Gasteiger partial charge is 0.494 e. The van der Waals surface area contributed by atoms with Crippen molar-refractivity contribution in [1.29, 1.82) is 0 Å². The van der Waals surface area contributed by atoms with Crippen LogP contribution >= 0.6 is 11.3 Å². The summed E-state index contributed by atoms with van der Waals surface area (Å²) in [5.41, 5.74) is 1.89. The van der Waals surface area contributed by atoms with Crippen LogP contribution in [0.15, 0.2) is 24.3 Å². The lowest BCUT2D eigenvalue weighted by Gasteiger charge is -2.19. The van der Waals surface area contributed by atoms with Gasteiger partial charge in [0.2, 0.25) is 0 Å². The summed E-state index contributed by atoms with van der Waals surface area (Å²) >= 11 is 1.72. The third-order valence-corrected chi connectivity index (χ3v) is 4.81. The number of benzene rings is 1. The molecule has 0 radical (unpaired) electrons. The number of aryl methyl sites for hydroxylation is 2. The average Bonchev–Trinajstić information content (AvgIpc) is 2.80. The minimum Gasteiger partial charge on any atom is -0.494 e. The van der Waals surface area contributed by atoms with E-state index in [1.54, 1.807) is 17.4 Å². The van der Waals surface area contributed by atoms with Gasteiger partial charge in [-0.2, -0.15) is 0 Å². The molecule has 1 atom stereocenters. The van der Waals surface area contributed by atoms with Gasteiger partial charge in [0.05, 0.1) is 13.2 Å². The molecule has 0 fully saturated rings. The summed E-state index contributed by atoms with van der Waals surface area (Å²) in [6, 6.07) is 7.34. The van der Waals surface area contributed by atoms with Crippen LogP contribution in [0.3, 0.4) is 0 Å². The Labute approximate surface area is 130 Å². The smallest absolute Gasteiger partial charge is 0.170 e. The number of ether oxygens (including phenoxy) is 1. The number of hydrogen-bond donors (Lipinski definition) is 1. The summed E-state index contributed by atoms with van der Waals surface area (Å²) < 4.78 is 19.7. The quantitative estimate of drug-likeness (QED) is 0.842. The van der Waals surface area contributed by atoms with E-state index in [1.165, 1.54) is 17.6 Å². The fourth-order valence-corrected chi connectivity index (χ4v) is 3.44. The number of halogens is 1. The first kappa shape index (κ1) is 16.0. The highest BCUT2D eigenvalue weighted by Crippen LogP contribution is 2.34. The van der Waals surface area contributed by atoms with E-state index in [1.807, 2.05) is 12.1 Å². The molecule has 0 aliphatic rings. The van der Waals surface area contributed by atoms with Crippen molar-refractivity contribution in [3.05, 3.63) is 51.0 Å². The van der Waals surface area contributed by atoms with Crippen molar-refractivity contribution in [2.45, 2.75) is 33.2 Å². The molecule has 0 aliphatic heterocycles. The molecule has 114 valence electrons. The van der Waals surface area contributed by atoms with Gasteiger partial charge in [0.1, 0.15) is 0 Å². The normalized spacial score (nSPS) is 12.4. The Kier molecular flexibility index (Phi) is 5.37. The summed E-state index contributed by atoms with van der Waals surface area (Å²) in [5.74, 6) is 0.0121. The molecule has 1 aromatic heterocycles. The number of hydrogen-bond acceptors (Lipinski definition) is 3. The van der Waals surface area contributed by atoms with E-state index in [9.17, 15) is 4.39 Å². The Bertz CT molecular complexity index is 589. The van der Waals surface area contributed by atoms with Crippen LogP contribution in [-0.4, -0.2) is 13.7 Å². The van der Waals surface area contributed by atoms with Gasteiger partial charge in [-0.1, -0.05) is 19.1 Å². The molecule has 2 nitrogen and oxygen atoms in total. The standard InChI is InChI=1S/C17H22FNOS/c1-5-9-19-17(15-10-11(2)12(3)21-15)13-7-6-8-14(20-4)16(13)18/h6-8,10,17,19H,5,9H2,1-4H3. The lowest BCUT2D eigenvalue weighted by atomic mass is 10.0. The second-order valence-electron chi connectivity index (χ2n) is 5.14.